The number of hydrogen-bond acceptors (Lipinski definition) is 2. The van der Waals surface area contributed by atoms with Gasteiger partial charge in [0, 0.05) is 11.4 Å². The number of nitrogens with zero attached hydrogens (tertiary/aromatic N) is 1. The molecule has 60 valence electrons. The molecule has 1 aromatic rings. The quantitative estimate of drug-likeness (QED) is 0.653. The molecule has 1 rings (SSSR count). The van der Waals surface area contributed by atoms with Crippen molar-refractivity contribution >= 4 is 12.2 Å². The van der Waals surface area contributed by atoms with E-state index in [1.165, 1.54) is 0 Å². The van der Waals surface area contributed by atoms with Gasteiger partial charge in [-0.2, -0.15) is 0 Å². The molecule has 0 unspecified atom stereocenters. The fourth-order valence-electron chi connectivity index (χ4n) is 0.900. The molecule has 2 nitrogen and oxygen atoms in total. The SMILES string of the molecule is Cc1cc(C(C)C)nc(=S)[nH]1. The molecule has 0 bridgehead atoms. The van der Waals surface area contributed by atoms with Crippen LogP contribution in [0.3, 0.4) is 0 Å². The van der Waals surface area contributed by atoms with Crippen LogP contribution >= 0.6 is 12.2 Å². The molecule has 3 heteroatoms. The van der Waals surface area contributed by atoms with E-state index in [1.54, 1.807) is 0 Å². The predicted molar refractivity (Wildman–Crippen MR) is 48.2 cm³/mol. The summed E-state index contributed by atoms with van der Waals surface area (Å²) in [5, 5.41) is 0. The number of H-pyrrole nitrogens is 1. The van der Waals surface area contributed by atoms with Gasteiger partial charge in [-0.1, -0.05) is 13.8 Å². The maximum atomic E-state index is 4.94. The topological polar surface area (TPSA) is 28.7 Å². The Hall–Kier alpha value is -0.700. The molecule has 1 aromatic heterocycles. The van der Waals surface area contributed by atoms with Gasteiger partial charge in [-0.05, 0) is 31.1 Å². The Balaban J connectivity index is 3.19. The van der Waals surface area contributed by atoms with E-state index in [4.69, 9.17) is 12.2 Å². The third-order valence-electron chi connectivity index (χ3n) is 1.49. The van der Waals surface area contributed by atoms with Crippen molar-refractivity contribution in [2.24, 2.45) is 0 Å². The van der Waals surface area contributed by atoms with Gasteiger partial charge in [0.2, 0.25) is 0 Å². The number of nitrogens with one attached hydrogen (secondary N) is 1. The lowest BCUT2D eigenvalue weighted by Gasteiger charge is -2.03. The number of hydrogen-bond donors (Lipinski definition) is 1. The summed E-state index contributed by atoms with van der Waals surface area (Å²) in [6.45, 7) is 6.20. The Morgan fingerprint density at radius 1 is 1.55 bits per heavy atom. The molecule has 0 saturated carbocycles. The summed E-state index contributed by atoms with van der Waals surface area (Å²) in [5.74, 6) is 0.449. The highest BCUT2D eigenvalue weighted by Gasteiger charge is 2.00. The Morgan fingerprint density at radius 3 is 2.64 bits per heavy atom. The van der Waals surface area contributed by atoms with Gasteiger partial charge in [0.25, 0.3) is 0 Å². The lowest BCUT2D eigenvalue weighted by molar-refractivity contribution is 0.804. The minimum atomic E-state index is 0.449. The fourth-order valence-corrected chi connectivity index (χ4v) is 1.17. The van der Waals surface area contributed by atoms with Crippen LogP contribution in [0.15, 0.2) is 6.07 Å². The molecule has 0 aliphatic heterocycles. The second kappa shape index (κ2) is 3.13. The Kier molecular flexibility index (Phi) is 2.39. The minimum Gasteiger partial charge on any atom is -0.335 e. The number of rotatable bonds is 1. The molecular weight excluding hydrogens is 156 g/mol. The van der Waals surface area contributed by atoms with E-state index >= 15 is 0 Å². The van der Waals surface area contributed by atoms with Crippen molar-refractivity contribution in [2.45, 2.75) is 26.7 Å². The molecule has 0 fully saturated rings. The predicted octanol–water partition coefficient (Wildman–Crippen LogP) is 2.57. The van der Waals surface area contributed by atoms with Gasteiger partial charge < -0.3 is 4.98 Å². The number of aromatic amines is 1. The Labute approximate surface area is 71.7 Å². The summed E-state index contributed by atoms with van der Waals surface area (Å²) in [4.78, 5) is 7.16. The zero-order chi connectivity index (χ0) is 8.43. The summed E-state index contributed by atoms with van der Waals surface area (Å²) >= 11 is 4.94. The maximum absolute atomic E-state index is 4.94. The summed E-state index contributed by atoms with van der Waals surface area (Å²) < 4.78 is 0.578. The maximum Gasteiger partial charge on any atom is 0.197 e. The van der Waals surface area contributed by atoms with Crippen LogP contribution in [-0.4, -0.2) is 9.97 Å². The van der Waals surface area contributed by atoms with E-state index in [1.807, 2.05) is 13.0 Å². The van der Waals surface area contributed by atoms with Gasteiger partial charge in [0.15, 0.2) is 4.77 Å². The molecule has 0 saturated heterocycles. The van der Waals surface area contributed by atoms with Gasteiger partial charge in [-0.25, -0.2) is 4.98 Å². The van der Waals surface area contributed by atoms with Crippen molar-refractivity contribution in [3.8, 4) is 0 Å². The molecule has 0 atom stereocenters. The van der Waals surface area contributed by atoms with Gasteiger partial charge >= 0.3 is 0 Å². The fraction of sp³-hybridized carbons (Fsp3) is 0.500. The molecule has 11 heavy (non-hydrogen) atoms. The smallest absolute Gasteiger partial charge is 0.197 e. The van der Waals surface area contributed by atoms with Crippen LogP contribution in [-0.2, 0) is 0 Å². The summed E-state index contributed by atoms with van der Waals surface area (Å²) in [6.07, 6.45) is 0. The molecule has 1 N–H and O–H groups in total. The first-order valence-corrected chi connectivity index (χ1v) is 4.08. The number of aryl methyl sites for hydroxylation is 1. The molecule has 0 aliphatic rings. The monoisotopic (exact) mass is 168 g/mol. The van der Waals surface area contributed by atoms with Crippen LogP contribution < -0.4 is 0 Å². The summed E-state index contributed by atoms with van der Waals surface area (Å²) in [6, 6.07) is 2.03. The Bertz CT molecular complexity index is 301. The van der Waals surface area contributed by atoms with E-state index in [0.29, 0.717) is 10.7 Å². The van der Waals surface area contributed by atoms with E-state index in [2.05, 4.69) is 23.8 Å². The van der Waals surface area contributed by atoms with Crippen molar-refractivity contribution < 1.29 is 0 Å². The van der Waals surface area contributed by atoms with Crippen molar-refractivity contribution in [1.29, 1.82) is 0 Å². The zero-order valence-corrected chi connectivity index (χ0v) is 7.83. The summed E-state index contributed by atoms with van der Waals surface area (Å²) in [5.41, 5.74) is 2.14. The third-order valence-corrected chi connectivity index (χ3v) is 1.68. The van der Waals surface area contributed by atoms with Gasteiger partial charge in [-0.3, -0.25) is 0 Å². The first-order valence-electron chi connectivity index (χ1n) is 3.67. The van der Waals surface area contributed by atoms with E-state index in [-0.39, 0.29) is 0 Å². The lowest BCUT2D eigenvalue weighted by atomic mass is 10.1. The highest BCUT2D eigenvalue weighted by Crippen LogP contribution is 2.10. The first kappa shape index (κ1) is 8.40. The second-order valence-electron chi connectivity index (χ2n) is 2.95. The van der Waals surface area contributed by atoms with E-state index < -0.39 is 0 Å². The molecule has 0 amide bonds. The zero-order valence-electron chi connectivity index (χ0n) is 7.01. The standard InChI is InChI=1S/C8H12N2S/c1-5(2)7-4-6(3)9-8(11)10-7/h4-5H,1-3H3,(H,9,10,11). The van der Waals surface area contributed by atoms with Crippen molar-refractivity contribution in [3.63, 3.8) is 0 Å². The van der Waals surface area contributed by atoms with E-state index in [0.717, 1.165) is 11.4 Å². The number of aromatic nitrogens is 2. The molecule has 0 aliphatic carbocycles. The Morgan fingerprint density at radius 2 is 2.18 bits per heavy atom. The second-order valence-corrected chi connectivity index (χ2v) is 3.34. The van der Waals surface area contributed by atoms with Crippen molar-refractivity contribution in [2.75, 3.05) is 0 Å². The van der Waals surface area contributed by atoms with Crippen LogP contribution in [0.5, 0.6) is 0 Å². The van der Waals surface area contributed by atoms with Crippen LogP contribution in [0, 0.1) is 11.7 Å². The average Bonchev–Trinajstić information content (AvgIpc) is 1.85. The van der Waals surface area contributed by atoms with E-state index in [9.17, 15) is 0 Å². The molecule has 0 spiro atoms. The van der Waals surface area contributed by atoms with Gasteiger partial charge in [0.05, 0.1) is 0 Å². The molecule has 0 radical (unpaired) electrons. The van der Waals surface area contributed by atoms with Crippen molar-refractivity contribution in [1.82, 2.24) is 9.97 Å². The van der Waals surface area contributed by atoms with Gasteiger partial charge in [0.1, 0.15) is 0 Å². The normalized spacial score (nSPS) is 10.5. The molecule has 1 heterocycles. The molecular formula is C8H12N2S. The third kappa shape index (κ3) is 2.12. The molecule has 0 aromatic carbocycles. The van der Waals surface area contributed by atoms with Gasteiger partial charge in [-0.15, -0.1) is 0 Å². The average molecular weight is 168 g/mol. The van der Waals surface area contributed by atoms with Crippen LogP contribution in [0.4, 0.5) is 0 Å². The minimum absolute atomic E-state index is 0.449. The van der Waals surface area contributed by atoms with Crippen LogP contribution in [0.1, 0.15) is 31.2 Å². The lowest BCUT2D eigenvalue weighted by Crippen LogP contribution is -1.96. The van der Waals surface area contributed by atoms with Crippen molar-refractivity contribution in [3.05, 3.63) is 22.2 Å². The highest BCUT2D eigenvalue weighted by atomic mass is 32.1. The highest BCUT2D eigenvalue weighted by molar-refractivity contribution is 7.71. The summed E-state index contributed by atoms with van der Waals surface area (Å²) in [7, 11) is 0. The first-order chi connectivity index (χ1) is 5.09. The van der Waals surface area contributed by atoms with Crippen LogP contribution in [0.25, 0.3) is 0 Å². The largest absolute Gasteiger partial charge is 0.335 e. The van der Waals surface area contributed by atoms with Crippen LogP contribution in [0.2, 0.25) is 0 Å².